The monoisotopic (exact) mass is 334 g/mol. The summed E-state index contributed by atoms with van der Waals surface area (Å²) in [6.07, 6.45) is 8.90. The van der Waals surface area contributed by atoms with Crippen molar-refractivity contribution in [2.24, 2.45) is 5.10 Å². The highest BCUT2D eigenvalue weighted by atomic mass is 16.7. The molecule has 0 aromatic carbocycles. The number of nitrogens with zero attached hydrogens (tertiary/aromatic N) is 3. The van der Waals surface area contributed by atoms with Gasteiger partial charge in [0.25, 0.3) is 0 Å². The maximum absolute atomic E-state index is 5.84. The minimum atomic E-state index is -0.0602. The van der Waals surface area contributed by atoms with E-state index in [1.54, 1.807) is 0 Å². The van der Waals surface area contributed by atoms with Crippen molar-refractivity contribution < 1.29 is 9.47 Å². The summed E-state index contributed by atoms with van der Waals surface area (Å²) in [5, 5.41) is 6.52. The van der Waals surface area contributed by atoms with Crippen LogP contribution in [0.25, 0.3) is 6.08 Å². The van der Waals surface area contributed by atoms with Crippen LogP contribution in [0.1, 0.15) is 38.7 Å². The van der Waals surface area contributed by atoms with E-state index in [1.165, 1.54) is 6.42 Å². The van der Waals surface area contributed by atoms with E-state index in [1.807, 2.05) is 43.5 Å². The lowest BCUT2D eigenvalue weighted by molar-refractivity contribution is -0.164. The van der Waals surface area contributed by atoms with Crippen molar-refractivity contribution >= 4 is 18.1 Å². The lowest BCUT2D eigenvalue weighted by Gasteiger charge is -2.35. The largest absolute Gasteiger partial charge is 0.353 e. The summed E-state index contributed by atoms with van der Waals surface area (Å²) < 4.78 is 11.5. The Balaban J connectivity index is 1.91. The smallest absolute Gasteiger partial charge is 0.157 e. The quantitative estimate of drug-likeness (QED) is 0.428. The third kappa shape index (κ3) is 4.85. The van der Waals surface area contributed by atoms with Gasteiger partial charge in [-0.1, -0.05) is 12.7 Å². The molecule has 1 saturated heterocycles. The molecular formula is C18H30N4O2. The zero-order chi connectivity index (χ0) is 17.4. The van der Waals surface area contributed by atoms with Crippen LogP contribution in [-0.4, -0.2) is 55.5 Å². The molecule has 0 radical (unpaired) electrons. The lowest BCUT2D eigenvalue weighted by atomic mass is 10.2. The molecule has 0 aliphatic carbocycles. The zero-order valence-corrected chi connectivity index (χ0v) is 15.1. The van der Waals surface area contributed by atoms with Gasteiger partial charge in [0.15, 0.2) is 6.29 Å². The maximum atomic E-state index is 5.84. The van der Waals surface area contributed by atoms with Gasteiger partial charge < -0.3 is 19.4 Å². The molecule has 1 N–H and O–H groups in total. The first kappa shape index (κ1) is 18.5. The van der Waals surface area contributed by atoms with Crippen LogP contribution in [0, 0.1) is 0 Å². The minimum absolute atomic E-state index is 0.0602. The van der Waals surface area contributed by atoms with Crippen LogP contribution in [0.2, 0.25) is 0 Å². The second kappa shape index (κ2) is 9.49. The molecule has 1 aliphatic rings. The van der Waals surface area contributed by atoms with Crippen molar-refractivity contribution in [2.75, 3.05) is 31.7 Å². The maximum Gasteiger partial charge on any atom is 0.157 e. The number of ether oxygens (including phenoxy) is 2. The molecule has 2 unspecified atom stereocenters. The highest BCUT2D eigenvalue weighted by molar-refractivity contribution is 5.63. The predicted molar refractivity (Wildman–Crippen MR) is 99.2 cm³/mol. The van der Waals surface area contributed by atoms with E-state index in [2.05, 4.69) is 28.5 Å². The number of aromatic nitrogens is 1. The Labute approximate surface area is 145 Å². The molecule has 6 nitrogen and oxygen atoms in total. The first-order valence-electron chi connectivity index (χ1n) is 8.68. The number of nitrogens with one attached hydrogen (secondary N) is 1. The highest BCUT2D eigenvalue weighted by Gasteiger charge is 2.20. The molecule has 2 atom stereocenters. The van der Waals surface area contributed by atoms with Crippen LogP contribution in [0.3, 0.4) is 0 Å². The van der Waals surface area contributed by atoms with Gasteiger partial charge in [-0.25, -0.2) is 0 Å². The number of H-pyrrole nitrogens is 1. The third-order valence-electron chi connectivity index (χ3n) is 4.35. The standard InChI is InChI=1S/C18H30N4O2/c1-5-16-10-11-19-18(16)21(4)15(3)22(20-6-2)12-14-24-17-9-7-8-13-23-17/h5-6,10-11,15,17,19H,1,7-9,12-14H2,2-4H3/b20-6-. The van der Waals surface area contributed by atoms with Crippen molar-refractivity contribution in [1.29, 1.82) is 0 Å². The van der Waals surface area contributed by atoms with Gasteiger partial charge in [0.05, 0.1) is 13.2 Å². The fourth-order valence-corrected chi connectivity index (χ4v) is 2.84. The van der Waals surface area contributed by atoms with E-state index < -0.39 is 0 Å². The summed E-state index contributed by atoms with van der Waals surface area (Å²) in [6, 6.07) is 2.02. The number of hydrogen-bond donors (Lipinski definition) is 1. The summed E-state index contributed by atoms with van der Waals surface area (Å²) in [5.41, 5.74) is 1.08. The van der Waals surface area contributed by atoms with E-state index in [-0.39, 0.29) is 12.5 Å². The fourth-order valence-electron chi connectivity index (χ4n) is 2.84. The first-order chi connectivity index (χ1) is 11.7. The third-order valence-corrected chi connectivity index (χ3v) is 4.35. The number of aromatic amines is 1. The van der Waals surface area contributed by atoms with Gasteiger partial charge in [-0.3, -0.25) is 5.01 Å². The molecule has 6 heteroatoms. The Morgan fingerprint density at radius 1 is 1.54 bits per heavy atom. The van der Waals surface area contributed by atoms with Gasteiger partial charge in [0.1, 0.15) is 12.0 Å². The summed E-state index contributed by atoms with van der Waals surface area (Å²) >= 11 is 0. The normalized spacial score (nSPS) is 19.4. The van der Waals surface area contributed by atoms with Crippen LogP contribution in [-0.2, 0) is 9.47 Å². The van der Waals surface area contributed by atoms with Crippen molar-refractivity contribution in [3.8, 4) is 0 Å². The van der Waals surface area contributed by atoms with Crippen molar-refractivity contribution in [3.05, 3.63) is 24.4 Å². The average molecular weight is 334 g/mol. The molecule has 2 rings (SSSR count). The van der Waals surface area contributed by atoms with E-state index >= 15 is 0 Å². The second-order valence-electron chi connectivity index (χ2n) is 5.93. The molecule has 1 aromatic rings. The van der Waals surface area contributed by atoms with Gasteiger partial charge in [-0.2, -0.15) is 5.10 Å². The second-order valence-corrected chi connectivity index (χ2v) is 5.93. The summed E-state index contributed by atoms with van der Waals surface area (Å²) in [7, 11) is 2.05. The predicted octanol–water partition coefficient (Wildman–Crippen LogP) is 3.29. The SMILES string of the molecule is C=Cc1cc[nH]c1N(C)C(C)N(CCOC1CCCCO1)/N=C\C. The van der Waals surface area contributed by atoms with Crippen molar-refractivity contribution in [3.63, 3.8) is 0 Å². The number of hydrazone groups is 1. The lowest BCUT2D eigenvalue weighted by Crippen LogP contribution is -2.44. The topological polar surface area (TPSA) is 53.1 Å². The highest BCUT2D eigenvalue weighted by Crippen LogP contribution is 2.21. The summed E-state index contributed by atoms with van der Waals surface area (Å²) in [4.78, 5) is 5.42. The molecule has 1 aromatic heterocycles. The van der Waals surface area contributed by atoms with Gasteiger partial charge in [-0.15, -0.1) is 0 Å². The summed E-state index contributed by atoms with van der Waals surface area (Å²) in [5.74, 6) is 1.03. The molecule has 0 spiro atoms. The van der Waals surface area contributed by atoms with Crippen LogP contribution in [0.5, 0.6) is 0 Å². The Morgan fingerprint density at radius 2 is 2.38 bits per heavy atom. The number of hydrogen-bond acceptors (Lipinski definition) is 5. The van der Waals surface area contributed by atoms with Crippen molar-refractivity contribution in [1.82, 2.24) is 9.99 Å². The Bertz CT molecular complexity index is 523. The first-order valence-corrected chi connectivity index (χ1v) is 8.68. The van der Waals surface area contributed by atoms with Gasteiger partial charge in [0, 0.05) is 31.6 Å². The van der Waals surface area contributed by atoms with Gasteiger partial charge >= 0.3 is 0 Å². The molecular weight excluding hydrogens is 304 g/mol. The van der Waals surface area contributed by atoms with E-state index in [4.69, 9.17) is 9.47 Å². The molecule has 0 amide bonds. The molecule has 0 bridgehead atoms. The zero-order valence-electron chi connectivity index (χ0n) is 15.1. The fraction of sp³-hybridized carbons (Fsp3) is 0.611. The minimum Gasteiger partial charge on any atom is -0.353 e. The van der Waals surface area contributed by atoms with Crippen LogP contribution in [0.4, 0.5) is 5.82 Å². The van der Waals surface area contributed by atoms with Gasteiger partial charge in [0.2, 0.25) is 0 Å². The van der Waals surface area contributed by atoms with E-state index in [9.17, 15) is 0 Å². The average Bonchev–Trinajstić information content (AvgIpc) is 3.09. The Hall–Kier alpha value is -1.79. The van der Waals surface area contributed by atoms with Gasteiger partial charge in [-0.05, 0) is 39.2 Å². The van der Waals surface area contributed by atoms with E-state index in [0.717, 1.165) is 30.8 Å². The molecule has 134 valence electrons. The molecule has 1 fully saturated rings. The van der Waals surface area contributed by atoms with Crippen LogP contribution in [0.15, 0.2) is 23.9 Å². The van der Waals surface area contributed by atoms with Crippen LogP contribution < -0.4 is 4.90 Å². The molecule has 1 aliphatic heterocycles. The number of rotatable bonds is 9. The molecule has 0 saturated carbocycles. The van der Waals surface area contributed by atoms with Crippen LogP contribution >= 0.6 is 0 Å². The molecule has 24 heavy (non-hydrogen) atoms. The number of anilines is 1. The Morgan fingerprint density at radius 3 is 3.04 bits per heavy atom. The van der Waals surface area contributed by atoms with E-state index in [0.29, 0.717) is 13.2 Å². The van der Waals surface area contributed by atoms with Crippen molar-refractivity contribution in [2.45, 2.75) is 45.6 Å². The molecule has 2 heterocycles. The Kier molecular flexibility index (Phi) is 7.34. The summed E-state index contributed by atoms with van der Waals surface area (Å²) in [6.45, 7) is 10.0.